The van der Waals surface area contributed by atoms with Crippen LogP contribution in [0.4, 0.5) is 0 Å². The molecule has 3 aromatic rings. The summed E-state index contributed by atoms with van der Waals surface area (Å²) in [5, 5.41) is 0.809. The van der Waals surface area contributed by atoms with Gasteiger partial charge in [-0.05, 0) is 29.8 Å². The number of ether oxygens (including phenoxy) is 1. The first-order valence-corrected chi connectivity index (χ1v) is 8.88. The number of fused-ring (bicyclic) bond motifs is 1. The van der Waals surface area contributed by atoms with Crippen LogP contribution in [0.2, 0.25) is 0 Å². The molecule has 3 rings (SSSR count). The number of benzene rings is 1. The first-order chi connectivity index (χ1) is 11.8. The first-order valence-electron chi connectivity index (χ1n) is 7.44. The van der Waals surface area contributed by atoms with Crippen LogP contribution in [0.1, 0.15) is 10.5 Å². The number of methoxy groups -OCH3 is 1. The first kappa shape index (κ1) is 17.1. The molecule has 0 fully saturated rings. The molecule has 0 unspecified atom stereocenters. The van der Waals surface area contributed by atoms with Crippen molar-refractivity contribution in [3.8, 4) is 11.1 Å². The smallest absolute Gasteiger partial charge is 0.357 e. The molecule has 0 spiro atoms. The third kappa shape index (κ3) is 3.01. The molecule has 2 heterocycles. The molecule has 0 aliphatic rings. The minimum Gasteiger partial charge on any atom is -0.464 e. The lowest BCUT2D eigenvalue weighted by atomic mass is 10.0. The lowest BCUT2D eigenvalue weighted by Crippen LogP contribution is -2.22. The highest BCUT2D eigenvalue weighted by Crippen LogP contribution is 2.29. The van der Waals surface area contributed by atoms with Crippen LogP contribution in [0, 0.1) is 0 Å². The molecule has 7 nitrogen and oxygen atoms in total. The number of nitrogens with one attached hydrogen (secondary N) is 1. The minimum absolute atomic E-state index is 0.122. The van der Waals surface area contributed by atoms with Crippen molar-refractivity contribution in [3.63, 3.8) is 0 Å². The fraction of sp³-hybridized carbons (Fsp3) is 0.176. The topological polar surface area (TPSA) is 92.4 Å². The van der Waals surface area contributed by atoms with E-state index in [1.54, 1.807) is 24.4 Å². The molecule has 25 heavy (non-hydrogen) atoms. The van der Waals surface area contributed by atoms with Crippen molar-refractivity contribution in [1.82, 2.24) is 14.3 Å². The number of H-pyrrole nitrogens is 1. The highest BCUT2D eigenvalue weighted by Gasteiger charge is 2.21. The summed E-state index contributed by atoms with van der Waals surface area (Å²) in [5.41, 5.74) is 1.76. The second-order valence-electron chi connectivity index (χ2n) is 5.61. The maximum atomic E-state index is 12.4. The summed E-state index contributed by atoms with van der Waals surface area (Å²) in [4.78, 5) is 19.5. The minimum atomic E-state index is -3.59. The van der Waals surface area contributed by atoms with Gasteiger partial charge in [0.2, 0.25) is 10.0 Å². The average Bonchev–Trinajstić information content (AvgIpc) is 3.07. The van der Waals surface area contributed by atoms with E-state index >= 15 is 0 Å². The Bertz CT molecular complexity index is 1050. The maximum Gasteiger partial charge on any atom is 0.357 e. The van der Waals surface area contributed by atoms with E-state index < -0.39 is 16.0 Å². The van der Waals surface area contributed by atoms with E-state index in [4.69, 9.17) is 4.74 Å². The van der Waals surface area contributed by atoms with E-state index in [-0.39, 0.29) is 10.6 Å². The molecular weight excluding hydrogens is 342 g/mol. The van der Waals surface area contributed by atoms with Gasteiger partial charge < -0.3 is 9.72 Å². The van der Waals surface area contributed by atoms with Gasteiger partial charge in [0.1, 0.15) is 5.65 Å². The predicted molar refractivity (Wildman–Crippen MR) is 93.7 cm³/mol. The fourth-order valence-electron chi connectivity index (χ4n) is 2.49. The molecule has 0 amide bonds. The largest absolute Gasteiger partial charge is 0.464 e. The number of carbonyl (C=O) groups is 1. The van der Waals surface area contributed by atoms with E-state index in [0.717, 1.165) is 9.69 Å². The van der Waals surface area contributed by atoms with Gasteiger partial charge >= 0.3 is 5.97 Å². The number of hydrogen-bond acceptors (Lipinski definition) is 5. The Morgan fingerprint density at radius 3 is 2.64 bits per heavy atom. The normalized spacial score (nSPS) is 11.8. The van der Waals surface area contributed by atoms with Crippen molar-refractivity contribution in [2.75, 3.05) is 21.2 Å². The zero-order valence-electron chi connectivity index (χ0n) is 14.0. The van der Waals surface area contributed by atoms with E-state index in [0.29, 0.717) is 16.8 Å². The van der Waals surface area contributed by atoms with Crippen molar-refractivity contribution in [2.45, 2.75) is 4.90 Å². The standard InChI is InChI=1S/C17H17N3O4S/c1-20(2)25(22,23)13-6-4-5-11(9-13)14-10-12-7-8-18-16(12)19-15(14)17(21)24-3/h4-10H,1-3H3,(H,18,19). The van der Waals surface area contributed by atoms with Crippen LogP contribution < -0.4 is 0 Å². The van der Waals surface area contributed by atoms with Crippen LogP contribution in [0.15, 0.2) is 47.5 Å². The molecule has 1 N–H and O–H groups in total. The third-order valence-electron chi connectivity index (χ3n) is 3.84. The molecule has 8 heteroatoms. The second kappa shape index (κ2) is 6.30. The fourth-order valence-corrected chi connectivity index (χ4v) is 3.44. The van der Waals surface area contributed by atoms with Gasteiger partial charge in [0.15, 0.2) is 5.69 Å². The number of pyridine rings is 1. The van der Waals surface area contributed by atoms with Gasteiger partial charge in [0, 0.05) is 31.2 Å². The van der Waals surface area contributed by atoms with Gasteiger partial charge in [-0.15, -0.1) is 0 Å². The number of aromatic amines is 1. The highest BCUT2D eigenvalue weighted by atomic mass is 32.2. The van der Waals surface area contributed by atoms with Crippen LogP contribution in [0.3, 0.4) is 0 Å². The van der Waals surface area contributed by atoms with Gasteiger partial charge in [-0.25, -0.2) is 22.5 Å². The molecule has 1 aromatic carbocycles. The number of aromatic nitrogens is 2. The number of sulfonamides is 1. The summed E-state index contributed by atoms with van der Waals surface area (Å²) in [6.07, 6.45) is 1.72. The molecule has 0 bridgehead atoms. The molecular formula is C17H17N3O4S. The van der Waals surface area contributed by atoms with Crippen LogP contribution in [-0.2, 0) is 14.8 Å². The number of hydrogen-bond donors (Lipinski definition) is 1. The summed E-state index contributed by atoms with van der Waals surface area (Å²) >= 11 is 0. The molecule has 0 saturated carbocycles. The number of rotatable bonds is 4. The molecule has 2 aromatic heterocycles. The lowest BCUT2D eigenvalue weighted by Gasteiger charge is -2.13. The Morgan fingerprint density at radius 1 is 1.20 bits per heavy atom. The molecule has 0 atom stereocenters. The monoisotopic (exact) mass is 359 g/mol. The van der Waals surface area contributed by atoms with E-state index in [2.05, 4.69) is 9.97 Å². The molecule has 130 valence electrons. The summed E-state index contributed by atoms with van der Waals surface area (Å²) in [7, 11) is 0.625. The van der Waals surface area contributed by atoms with Crippen molar-refractivity contribution in [1.29, 1.82) is 0 Å². The highest BCUT2D eigenvalue weighted by molar-refractivity contribution is 7.89. The van der Waals surface area contributed by atoms with Gasteiger partial charge in [-0.2, -0.15) is 0 Å². The second-order valence-corrected chi connectivity index (χ2v) is 7.76. The number of carbonyl (C=O) groups excluding carboxylic acids is 1. The van der Waals surface area contributed by atoms with E-state index in [1.807, 2.05) is 6.07 Å². The van der Waals surface area contributed by atoms with Crippen molar-refractivity contribution in [2.24, 2.45) is 0 Å². The van der Waals surface area contributed by atoms with Crippen LogP contribution in [-0.4, -0.2) is 49.9 Å². The van der Waals surface area contributed by atoms with Gasteiger partial charge in [0.25, 0.3) is 0 Å². The number of esters is 1. The summed E-state index contributed by atoms with van der Waals surface area (Å²) in [5.74, 6) is -0.590. The van der Waals surface area contributed by atoms with Crippen LogP contribution in [0.5, 0.6) is 0 Å². The maximum absolute atomic E-state index is 12.4. The van der Waals surface area contributed by atoms with E-state index in [9.17, 15) is 13.2 Å². The van der Waals surface area contributed by atoms with Gasteiger partial charge in [-0.3, -0.25) is 0 Å². The van der Waals surface area contributed by atoms with E-state index in [1.165, 1.54) is 33.3 Å². The third-order valence-corrected chi connectivity index (χ3v) is 5.65. The van der Waals surface area contributed by atoms with Crippen molar-refractivity contribution < 1.29 is 17.9 Å². The van der Waals surface area contributed by atoms with Crippen LogP contribution in [0.25, 0.3) is 22.2 Å². The van der Waals surface area contributed by atoms with Gasteiger partial charge in [-0.1, -0.05) is 12.1 Å². The predicted octanol–water partition coefficient (Wildman–Crippen LogP) is 2.27. The van der Waals surface area contributed by atoms with Crippen molar-refractivity contribution >= 4 is 27.0 Å². The Labute approximate surface area is 145 Å². The van der Waals surface area contributed by atoms with Crippen LogP contribution >= 0.6 is 0 Å². The average molecular weight is 359 g/mol. The zero-order valence-corrected chi connectivity index (χ0v) is 14.8. The lowest BCUT2D eigenvalue weighted by molar-refractivity contribution is 0.0595. The molecule has 0 saturated heterocycles. The molecule has 0 aliphatic carbocycles. The quantitative estimate of drug-likeness (QED) is 0.722. The zero-order chi connectivity index (χ0) is 18.2. The number of nitrogens with zero attached hydrogens (tertiary/aromatic N) is 2. The Morgan fingerprint density at radius 2 is 1.96 bits per heavy atom. The molecule has 0 aliphatic heterocycles. The Hall–Kier alpha value is -2.71. The van der Waals surface area contributed by atoms with Crippen molar-refractivity contribution in [3.05, 3.63) is 48.3 Å². The summed E-state index contributed by atoms with van der Waals surface area (Å²) < 4.78 is 30.7. The summed E-state index contributed by atoms with van der Waals surface area (Å²) in [6, 6.07) is 10.0. The SMILES string of the molecule is COC(=O)c1nc2[nH]ccc2cc1-c1cccc(S(=O)(=O)N(C)C)c1. The summed E-state index contributed by atoms with van der Waals surface area (Å²) in [6.45, 7) is 0. The molecule has 0 radical (unpaired) electrons. The Balaban J connectivity index is 2.24. The Kier molecular flexibility index (Phi) is 4.32. The van der Waals surface area contributed by atoms with Gasteiger partial charge in [0.05, 0.1) is 12.0 Å².